The van der Waals surface area contributed by atoms with Crippen molar-refractivity contribution in [2.75, 3.05) is 13.2 Å². The van der Waals surface area contributed by atoms with Crippen molar-refractivity contribution in [1.82, 2.24) is 5.32 Å². The molecule has 2 nitrogen and oxygen atoms in total. The molecular weight excluding hydrogens is 174 g/mol. The lowest BCUT2D eigenvalue weighted by Crippen LogP contribution is -2.41. The summed E-state index contributed by atoms with van der Waals surface area (Å²) < 4.78 is 0. The third-order valence-corrected chi connectivity index (χ3v) is 2.34. The van der Waals surface area contributed by atoms with E-state index in [1.54, 1.807) is 0 Å². The highest BCUT2D eigenvalue weighted by Gasteiger charge is 2.22. The fourth-order valence-electron chi connectivity index (χ4n) is 1.38. The van der Waals surface area contributed by atoms with Crippen LogP contribution in [0.25, 0.3) is 0 Å². The minimum Gasteiger partial charge on any atom is -0.396 e. The summed E-state index contributed by atoms with van der Waals surface area (Å²) in [7, 11) is 0. The molecule has 0 aliphatic carbocycles. The second-order valence-corrected chi connectivity index (χ2v) is 5.12. The molecule has 0 saturated heterocycles. The molecule has 0 radical (unpaired) electrons. The van der Waals surface area contributed by atoms with Crippen LogP contribution in [-0.4, -0.2) is 24.3 Å². The molecule has 0 aliphatic heterocycles. The number of aliphatic hydroxyl groups is 1. The summed E-state index contributed by atoms with van der Waals surface area (Å²) in [5, 5.41) is 12.4. The first-order valence-electron chi connectivity index (χ1n) is 5.35. The van der Waals surface area contributed by atoms with Gasteiger partial charge in [-0.05, 0) is 25.7 Å². The Bertz CT molecular complexity index is 175. The van der Waals surface area contributed by atoms with Crippen molar-refractivity contribution in [2.24, 2.45) is 5.41 Å². The highest BCUT2D eigenvalue weighted by atomic mass is 16.3. The van der Waals surface area contributed by atoms with Gasteiger partial charge in [0.05, 0.1) is 0 Å². The summed E-state index contributed by atoms with van der Waals surface area (Å²) in [6.45, 7) is 11.9. The van der Waals surface area contributed by atoms with E-state index in [9.17, 15) is 0 Å². The van der Waals surface area contributed by atoms with Gasteiger partial charge in [-0.1, -0.05) is 32.4 Å². The molecule has 2 heteroatoms. The lowest BCUT2D eigenvalue weighted by Gasteiger charge is -2.31. The lowest BCUT2D eigenvalue weighted by molar-refractivity contribution is 0.201. The van der Waals surface area contributed by atoms with E-state index in [2.05, 4.69) is 46.0 Å². The summed E-state index contributed by atoms with van der Waals surface area (Å²) in [6, 6.07) is 0.378. The van der Waals surface area contributed by atoms with Crippen LogP contribution >= 0.6 is 0 Å². The number of hydrogen-bond acceptors (Lipinski definition) is 2. The van der Waals surface area contributed by atoms with Gasteiger partial charge in [0.15, 0.2) is 0 Å². The first-order valence-corrected chi connectivity index (χ1v) is 5.35. The molecule has 0 rings (SSSR count). The van der Waals surface area contributed by atoms with Gasteiger partial charge in [0.1, 0.15) is 0 Å². The van der Waals surface area contributed by atoms with Crippen LogP contribution in [0.2, 0.25) is 0 Å². The minimum absolute atomic E-state index is 0.207. The van der Waals surface area contributed by atoms with Crippen LogP contribution in [0.3, 0.4) is 0 Å². The Morgan fingerprint density at radius 2 is 1.93 bits per heavy atom. The monoisotopic (exact) mass is 199 g/mol. The average Bonchev–Trinajstić information content (AvgIpc) is 2.00. The molecule has 0 amide bonds. The normalized spacial score (nSPS) is 13.9. The van der Waals surface area contributed by atoms with Gasteiger partial charge in [-0.3, -0.25) is 0 Å². The van der Waals surface area contributed by atoms with E-state index >= 15 is 0 Å². The number of allylic oxidation sites excluding steroid dienone is 1. The molecule has 0 aromatic carbocycles. The largest absolute Gasteiger partial charge is 0.396 e. The van der Waals surface area contributed by atoms with Crippen LogP contribution in [-0.2, 0) is 0 Å². The Morgan fingerprint density at radius 1 is 1.36 bits per heavy atom. The van der Waals surface area contributed by atoms with Crippen molar-refractivity contribution in [1.29, 1.82) is 0 Å². The van der Waals surface area contributed by atoms with Crippen LogP contribution in [0.4, 0.5) is 0 Å². The van der Waals surface area contributed by atoms with Crippen molar-refractivity contribution in [3.05, 3.63) is 11.6 Å². The minimum atomic E-state index is 0.207. The van der Waals surface area contributed by atoms with Crippen molar-refractivity contribution in [3.63, 3.8) is 0 Å². The molecule has 14 heavy (non-hydrogen) atoms. The van der Waals surface area contributed by atoms with Crippen LogP contribution in [0, 0.1) is 5.41 Å². The van der Waals surface area contributed by atoms with Crippen molar-refractivity contribution < 1.29 is 5.11 Å². The number of hydrogen-bond donors (Lipinski definition) is 2. The van der Waals surface area contributed by atoms with E-state index in [0.717, 1.165) is 13.0 Å². The van der Waals surface area contributed by atoms with Crippen molar-refractivity contribution >= 4 is 0 Å². The molecule has 0 aromatic heterocycles. The molecule has 0 heterocycles. The Balaban J connectivity index is 4.05. The number of rotatable bonds is 5. The first kappa shape index (κ1) is 13.7. The third-order valence-electron chi connectivity index (χ3n) is 2.34. The van der Waals surface area contributed by atoms with Crippen LogP contribution in [0.15, 0.2) is 11.6 Å². The van der Waals surface area contributed by atoms with E-state index in [-0.39, 0.29) is 12.0 Å². The van der Waals surface area contributed by atoms with Crippen LogP contribution in [0.5, 0.6) is 0 Å². The van der Waals surface area contributed by atoms with E-state index in [1.807, 2.05) is 0 Å². The smallest absolute Gasteiger partial charge is 0.0446 e. The van der Waals surface area contributed by atoms with Gasteiger partial charge >= 0.3 is 0 Å². The Morgan fingerprint density at radius 3 is 2.29 bits per heavy atom. The molecule has 0 aliphatic rings. The Hall–Kier alpha value is -0.340. The number of aliphatic hydroxyl groups excluding tert-OH is 1. The molecule has 0 bridgehead atoms. The fourth-order valence-corrected chi connectivity index (χ4v) is 1.38. The zero-order chi connectivity index (χ0) is 11.2. The SMILES string of the molecule is CC(C)=CCNC(CCO)C(C)(C)C. The van der Waals surface area contributed by atoms with Gasteiger partial charge in [-0.2, -0.15) is 0 Å². The van der Waals surface area contributed by atoms with Crippen molar-refractivity contribution in [3.8, 4) is 0 Å². The van der Waals surface area contributed by atoms with Gasteiger partial charge in [-0.15, -0.1) is 0 Å². The van der Waals surface area contributed by atoms with Crippen LogP contribution < -0.4 is 5.32 Å². The number of nitrogens with one attached hydrogen (secondary N) is 1. The van der Waals surface area contributed by atoms with Crippen molar-refractivity contribution in [2.45, 2.75) is 47.1 Å². The van der Waals surface area contributed by atoms with Gasteiger partial charge in [-0.25, -0.2) is 0 Å². The molecule has 1 atom stereocenters. The van der Waals surface area contributed by atoms with E-state index in [4.69, 9.17) is 5.11 Å². The third kappa shape index (κ3) is 6.17. The average molecular weight is 199 g/mol. The van der Waals surface area contributed by atoms with Gasteiger partial charge in [0.25, 0.3) is 0 Å². The molecule has 84 valence electrons. The summed E-state index contributed by atoms with van der Waals surface area (Å²) in [4.78, 5) is 0. The zero-order valence-corrected chi connectivity index (χ0v) is 10.2. The molecule has 0 saturated carbocycles. The summed E-state index contributed by atoms with van der Waals surface area (Å²) in [5.41, 5.74) is 1.53. The van der Waals surface area contributed by atoms with Gasteiger partial charge < -0.3 is 10.4 Å². The Labute approximate surface area is 88.4 Å². The summed E-state index contributed by atoms with van der Waals surface area (Å²) >= 11 is 0. The second-order valence-electron chi connectivity index (χ2n) is 5.12. The van der Waals surface area contributed by atoms with E-state index in [1.165, 1.54) is 5.57 Å². The molecular formula is C12H25NO. The molecule has 2 N–H and O–H groups in total. The maximum absolute atomic E-state index is 8.95. The topological polar surface area (TPSA) is 32.3 Å². The Kier molecular flexibility index (Phi) is 6.05. The maximum Gasteiger partial charge on any atom is 0.0446 e. The summed E-state index contributed by atoms with van der Waals surface area (Å²) in [5.74, 6) is 0. The lowest BCUT2D eigenvalue weighted by atomic mass is 9.85. The molecule has 1 unspecified atom stereocenters. The predicted molar refractivity (Wildman–Crippen MR) is 62.4 cm³/mol. The van der Waals surface area contributed by atoms with Gasteiger partial charge in [0, 0.05) is 19.2 Å². The fraction of sp³-hybridized carbons (Fsp3) is 0.833. The van der Waals surface area contributed by atoms with E-state index in [0.29, 0.717) is 6.04 Å². The molecule has 0 spiro atoms. The predicted octanol–water partition coefficient (Wildman–Crippen LogP) is 2.34. The highest BCUT2D eigenvalue weighted by Crippen LogP contribution is 2.21. The maximum atomic E-state index is 8.95. The summed E-state index contributed by atoms with van der Waals surface area (Å²) in [6.07, 6.45) is 3.00. The molecule has 0 fully saturated rings. The first-order chi connectivity index (χ1) is 6.38. The quantitative estimate of drug-likeness (QED) is 0.666. The standard InChI is InChI=1S/C12H25NO/c1-10(2)6-8-13-11(7-9-14)12(3,4)5/h6,11,13-14H,7-9H2,1-5H3. The highest BCUT2D eigenvalue weighted by molar-refractivity contribution is 4.95. The second kappa shape index (κ2) is 6.20. The molecule has 0 aromatic rings. The zero-order valence-electron chi connectivity index (χ0n) is 10.2. The van der Waals surface area contributed by atoms with Gasteiger partial charge in [0.2, 0.25) is 0 Å². The van der Waals surface area contributed by atoms with E-state index < -0.39 is 0 Å². The van der Waals surface area contributed by atoms with Crippen LogP contribution in [0.1, 0.15) is 41.0 Å².